The summed E-state index contributed by atoms with van der Waals surface area (Å²) in [7, 11) is 0. The smallest absolute Gasteiger partial charge is 0.335 e. The van der Waals surface area contributed by atoms with Gasteiger partial charge in [-0.05, 0) is 62.8 Å². The van der Waals surface area contributed by atoms with Gasteiger partial charge >= 0.3 is 6.18 Å². The minimum Gasteiger partial charge on any atom is -0.335 e. The lowest BCUT2D eigenvalue weighted by Gasteiger charge is -2.40. The van der Waals surface area contributed by atoms with Crippen LogP contribution in [-0.4, -0.2) is 28.4 Å². The van der Waals surface area contributed by atoms with Crippen molar-refractivity contribution in [2.75, 3.05) is 6.54 Å². The van der Waals surface area contributed by atoms with Gasteiger partial charge < -0.3 is 4.90 Å². The average molecular weight is 415 g/mol. The largest absolute Gasteiger partial charge is 0.417 e. The van der Waals surface area contributed by atoms with Gasteiger partial charge in [0.25, 0.3) is 5.91 Å². The number of benzene rings is 1. The fourth-order valence-corrected chi connectivity index (χ4v) is 4.06. The molecule has 30 heavy (non-hydrogen) atoms. The zero-order valence-corrected chi connectivity index (χ0v) is 17.0. The molecule has 0 bridgehead atoms. The van der Waals surface area contributed by atoms with E-state index in [9.17, 15) is 23.2 Å². The third kappa shape index (κ3) is 4.81. The highest BCUT2D eigenvalue weighted by Crippen LogP contribution is 2.30. The van der Waals surface area contributed by atoms with Gasteiger partial charge in [0.05, 0.1) is 22.8 Å². The van der Waals surface area contributed by atoms with Gasteiger partial charge in [0.1, 0.15) is 0 Å². The summed E-state index contributed by atoms with van der Waals surface area (Å²) >= 11 is 0. The van der Waals surface area contributed by atoms with Crippen molar-refractivity contribution in [1.82, 2.24) is 9.88 Å². The highest BCUT2D eigenvalue weighted by atomic mass is 19.4. The summed E-state index contributed by atoms with van der Waals surface area (Å²) in [5.74, 6) is 0.0969. The van der Waals surface area contributed by atoms with E-state index < -0.39 is 11.7 Å². The van der Waals surface area contributed by atoms with E-state index in [2.05, 4.69) is 18.0 Å². The molecule has 0 spiro atoms. The lowest BCUT2D eigenvalue weighted by molar-refractivity contribution is -0.137. The van der Waals surface area contributed by atoms with Crippen LogP contribution in [0.1, 0.15) is 58.9 Å². The van der Waals surface area contributed by atoms with Gasteiger partial charge in [-0.15, -0.1) is 0 Å². The number of pyridine rings is 1. The lowest BCUT2D eigenvalue weighted by Crippen LogP contribution is -2.48. The van der Waals surface area contributed by atoms with Crippen molar-refractivity contribution in [1.29, 1.82) is 5.26 Å². The van der Waals surface area contributed by atoms with Crippen LogP contribution in [0.2, 0.25) is 0 Å². The molecule has 1 fully saturated rings. The van der Waals surface area contributed by atoms with Gasteiger partial charge in [-0.25, -0.2) is 0 Å². The Morgan fingerprint density at radius 2 is 2.07 bits per heavy atom. The van der Waals surface area contributed by atoms with Crippen molar-refractivity contribution < 1.29 is 18.0 Å². The highest BCUT2D eigenvalue weighted by Gasteiger charge is 2.33. The van der Waals surface area contributed by atoms with Gasteiger partial charge in [0, 0.05) is 24.5 Å². The van der Waals surface area contributed by atoms with Crippen LogP contribution in [0.4, 0.5) is 13.2 Å². The second-order valence-corrected chi connectivity index (χ2v) is 7.92. The molecule has 4 nitrogen and oxygen atoms in total. The van der Waals surface area contributed by atoms with E-state index >= 15 is 0 Å². The summed E-state index contributed by atoms with van der Waals surface area (Å²) in [6.45, 7) is 4.57. The molecule has 7 heteroatoms. The quantitative estimate of drug-likeness (QED) is 0.694. The van der Waals surface area contributed by atoms with E-state index in [1.807, 2.05) is 17.9 Å². The molecule has 1 aliphatic heterocycles. The summed E-state index contributed by atoms with van der Waals surface area (Å²) in [5.41, 5.74) is 1.48. The molecular formula is C23H24F3N3O. The molecule has 1 aromatic heterocycles. The number of nitriles is 1. The fraction of sp³-hybridized carbons (Fsp3) is 0.435. The highest BCUT2D eigenvalue weighted by molar-refractivity contribution is 5.97. The van der Waals surface area contributed by atoms with E-state index in [4.69, 9.17) is 0 Å². The third-order valence-electron chi connectivity index (χ3n) is 5.75. The Morgan fingerprint density at radius 3 is 2.70 bits per heavy atom. The molecule has 2 heterocycles. The molecule has 0 aliphatic carbocycles. The third-order valence-corrected chi connectivity index (χ3v) is 5.75. The summed E-state index contributed by atoms with van der Waals surface area (Å²) in [5, 5.41) is 9.40. The number of aryl methyl sites for hydroxylation is 2. The number of alkyl halides is 3. The number of amides is 1. The first-order valence-electron chi connectivity index (χ1n) is 10.0. The normalized spacial score (nSPS) is 19.4. The SMILES string of the molecule is Cc1ccc(C#N)c(C(=O)N2CCC[C@@H](C)[C@H]2CCc2ccc(C(F)(F)F)cn2)c1. The number of nitrogens with zero attached hydrogens (tertiary/aromatic N) is 3. The van der Waals surface area contributed by atoms with Crippen molar-refractivity contribution in [2.45, 2.75) is 51.7 Å². The molecule has 0 N–H and O–H groups in total. The number of aromatic nitrogens is 1. The number of rotatable bonds is 4. The van der Waals surface area contributed by atoms with Gasteiger partial charge in [0.2, 0.25) is 0 Å². The number of hydrogen-bond acceptors (Lipinski definition) is 3. The first-order valence-corrected chi connectivity index (χ1v) is 10.0. The maximum atomic E-state index is 13.3. The first kappa shape index (κ1) is 21.8. The van der Waals surface area contributed by atoms with Crippen molar-refractivity contribution >= 4 is 5.91 Å². The standard InChI is InChI=1S/C23H24F3N3O/c1-15-5-6-17(13-27)20(12-15)22(30)29-11-3-4-16(2)21(29)10-9-19-8-7-18(14-28-19)23(24,25)26/h5-8,12,14,16,21H,3-4,9-11H2,1-2H3/t16-,21-/m1/s1. The van der Waals surface area contributed by atoms with Gasteiger partial charge in [-0.3, -0.25) is 9.78 Å². The summed E-state index contributed by atoms with van der Waals surface area (Å²) in [4.78, 5) is 19.1. The second kappa shape index (κ2) is 8.86. The van der Waals surface area contributed by atoms with Crippen molar-refractivity contribution in [3.63, 3.8) is 0 Å². The molecule has 0 unspecified atom stereocenters. The van der Waals surface area contributed by atoms with Gasteiger partial charge in [0.15, 0.2) is 0 Å². The molecule has 1 amide bonds. The molecular weight excluding hydrogens is 391 g/mol. The Bertz CT molecular complexity index is 948. The monoisotopic (exact) mass is 415 g/mol. The minimum atomic E-state index is -4.40. The molecule has 1 aliphatic rings. The lowest BCUT2D eigenvalue weighted by atomic mass is 9.86. The summed E-state index contributed by atoms with van der Waals surface area (Å²) < 4.78 is 38.2. The number of halogens is 3. The van der Waals surface area contributed by atoms with Crippen LogP contribution in [0.25, 0.3) is 0 Å². The van der Waals surface area contributed by atoms with Crippen LogP contribution in [0.15, 0.2) is 36.5 Å². The minimum absolute atomic E-state index is 0.0533. The molecule has 0 radical (unpaired) electrons. The molecule has 2 aromatic rings. The second-order valence-electron chi connectivity index (χ2n) is 7.92. The Morgan fingerprint density at radius 1 is 1.30 bits per heavy atom. The van der Waals surface area contributed by atoms with Crippen molar-refractivity contribution in [3.8, 4) is 6.07 Å². The summed E-state index contributed by atoms with van der Waals surface area (Å²) in [6.07, 6.45) is -0.592. The van der Waals surface area contributed by atoms with E-state index in [1.54, 1.807) is 12.1 Å². The van der Waals surface area contributed by atoms with Crippen LogP contribution in [0.3, 0.4) is 0 Å². The van der Waals surface area contributed by atoms with Crippen LogP contribution >= 0.6 is 0 Å². The van der Waals surface area contributed by atoms with Crippen LogP contribution in [0.5, 0.6) is 0 Å². The maximum absolute atomic E-state index is 13.3. The first-order chi connectivity index (χ1) is 14.2. The van der Waals surface area contributed by atoms with E-state index in [1.165, 1.54) is 6.07 Å². The van der Waals surface area contributed by atoms with Crippen molar-refractivity contribution in [2.24, 2.45) is 5.92 Å². The van der Waals surface area contributed by atoms with Gasteiger partial charge in [-0.1, -0.05) is 18.6 Å². The molecule has 0 saturated carbocycles. The predicted molar refractivity (Wildman–Crippen MR) is 107 cm³/mol. The zero-order chi connectivity index (χ0) is 21.9. The van der Waals surface area contributed by atoms with E-state index in [0.717, 1.165) is 30.7 Å². The van der Waals surface area contributed by atoms with Crippen LogP contribution in [0, 0.1) is 24.2 Å². The van der Waals surface area contributed by atoms with Gasteiger partial charge in [-0.2, -0.15) is 18.4 Å². The van der Waals surface area contributed by atoms with Crippen LogP contribution < -0.4 is 0 Å². The topological polar surface area (TPSA) is 57.0 Å². The zero-order valence-electron chi connectivity index (χ0n) is 17.0. The molecule has 158 valence electrons. The fourth-order valence-electron chi connectivity index (χ4n) is 4.06. The van der Waals surface area contributed by atoms with E-state index in [0.29, 0.717) is 36.2 Å². The Labute approximate surface area is 174 Å². The van der Waals surface area contributed by atoms with E-state index in [-0.39, 0.29) is 17.9 Å². The Balaban J connectivity index is 1.78. The number of hydrogen-bond donors (Lipinski definition) is 0. The molecule has 1 saturated heterocycles. The Hall–Kier alpha value is -2.88. The molecule has 2 atom stereocenters. The molecule has 3 rings (SSSR count). The number of carbonyl (C=O) groups is 1. The van der Waals surface area contributed by atoms with Crippen LogP contribution in [-0.2, 0) is 12.6 Å². The molecule has 1 aromatic carbocycles. The van der Waals surface area contributed by atoms with Crippen molar-refractivity contribution in [3.05, 3.63) is 64.5 Å². The Kier molecular flexibility index (Phi) is 6.45. The number of likely N-dealkylation sites (tertiary alicyclic amines) is 1. The number of piperidine rings is 1. The maximum Gasteiger partial charge on any atom is 0.417 e. The average Bonchev–Trinajstić information content (AvgIpc) is 2.72. The number of carbonyl (C=O) groups excluding carboxylic acids is 1. The summed E-state index contributed by atoms with van der Waals surface area (Å²) in [6, 6.07) is 9.70. The predicted octanol–water partition coefficient (Wildman–Crippen LogP) is 5.15.